The van der Waals surface area contributed by atoms with Crippen molar-refractivity contribution in [1.29, 1.82) is 0 Å². The summed E-state index contributed by atoms with van der Waals surface area (Å²) in [7, 11) is 1.42. The molecule has 1 aromatic carbocycles. The van der Waals surface area contributed by atoms with Crippen LogP contribution in [0.2, 0.25) is 5.02 Å². The van der Waals surface area contributed by atoms with Crippen molar-refractivity contribution in [2.24, 2.45) is 10.8 Å². The van der Waals surface area contributed by atoms with Gasteiger partial charge in [0.05, 0.1) is 25.0 Å². The van der Waals surface area contributed by atoms with E-state index in [4.69, 9.17) is 31.5 Å². The molecule has 0 saturated carbocycles. The second kappa shape index (κ2) is 8.73. The number of rotatable bonds is 7. The van der Waals surface area contributed by atoms with E-state index in [-0.39, 0.29) is 24.0 Å². The van der Waals surface area contributed by atoms with Crippen molar-refractivity contribution in [3.63, 3.8) is 0 Å². The zero-order valence-electron chi connectivity index (χ0n) is 12.1. The molecule has 0 unspecified atom stereocenters. The normalized spacial score (nSPS) is 10.3. The van der Waals surface area contributed by atoms with Crippen molar-refractivity contribution in [3.8, 4) is 11.5 Å². The van der Waals surface area contributed by atoms with E-state index in [1.165, 1.54) is 19.4 Å². The molecule has 0 radical (unpaired) electrons. The molecule has 120 valence electrons. The molecule has 0 aliphatic rings. The molecule has 3 N–H and O–H groups in total. The number of methoxy groups -OCH3 is 1. The Hall–Kier alpha value is -2.48. The highest BCUT2D eigenvalue weighted by Gasteiger charge is 2.13. The molecule has 0 aliphatic heterocycles. The minimum atomic E-state index is -0.788. The molecular weight excluding hydrogens is 314 g/mol. The standard InChI is InChI=1S/C13H16ClN3O5/c1-3-21-11(18)7-22-12-9(14)4-8(5-10(12)20-2)6-16-17-13(15)19/h4-6H,3,7H2,1-2H3,(H3,15,17,19)/b16-6+. The average Bonchev–Trinajstić information content (AvgIpc) is 2.45. The number of carbonyl (C=O) groups excluding carboxylic acids is 2. The van der Waals surface area contributed by atoms with Gasteiger partial charge in [-0.3, -0.25) is 0 Å². The van der Waals surface area contributed by atoms with Crippen LogP contribution in [0.1, 0.15) is 12.5 Å². The molecule has 22 heavy (non-hydrogen) atoms. The predicted octanol–water partition coefficient (Wildman–Crippen LogP) is 1.29. The van der Waals surface area contributed by atoms with Gasteiger partial charge >= 0.3 is 12.0 Å². The summed E-state index contributed by atoms with van der Waals surface area (Å²) in [5.74, 6) is -0.00790. The van der Waals surface area contributed by atoms with Gasteiger partial charge < -0.3 is 19.9 Å². The van der Waals surface area contributed by atoms with Crippen molar-refractivity contribution in [3.05, 3.63) is 22.7 Å². The molecule has 1 aromatic rings. The minimum absolute atomic E-state index is 0.206. The Morgan fingerprint density at radius 1 is 1.45 bits per heavy atom. The maximum atomic E-state index is 11.3. The van der Waals surface area contributed by atoms with Crippen LogP contribution in [-0.2, 0) is 9.53 Å². The third-order valence-electron chi connectivity index (χ3n) is 2.28. The summed E-state index contributed by atoms with van der Waals surface area (Å²) in [6.45, 7) is 1.66. The zero-order valence-corrected chi connectivity index (χ0v) is 12.8. The second-order valence-electron chi connectivity index (χ2n) is 3.86. The van der Waals surface area contributed by atoms with Crippen LogP contribution in [0.15, 0.2) is 17.2 Å². The maximum Gasteiger partial charge on any atom is 0.344 e. The first kappa shape index (κ1) is 17.6. The van der Waals surface area contributed by atoms with Crippen LogP contribution >= 0.6 is 11.6 Å². The lowest BCUT2D eigenvalue weighted by molar-refractivity contribution is -0.145. The number of nitrogens with one attached hydrogen (secondary N) is 1. The summed E-state index contributed by atoms with van der Waals surface area (Å²) >= 11 is 6.08. The fraction of sp³-hybridized carbons (Fsp3) is 0.308. The first-order chi connectivity index (χ1) is 10.5. The SMILES string of the molecule is CCOC(=O)COc1c(Cl)cc(/C=N/NC(N)=O)cc1OC. The molecule has 0 bridgehead atoms. The molecule has 0 spiro atoms. The predicted molar refractivity (Wildman–Crippen MR) is 80.4 cm³/mol. The number of amides is 2. The largest absolute Gasteiger partial charge is 0.493 e. The first-order valence-electron chi connectivity index (χ1n) is 6.22. The molecule has 1 rings (SSSR count). The number of nitrogens with two attached hydrogens (primary N) is 1. The molecular formula is C13H16ClN3O5. The molecule has 2 amide bonds. The number of carbonyl (C=O) groups is 2. The second-order valence-corrected chi connectivity index (χ2v) is 4.27. The van der Waals surface area contributed by atoms with E-state index in [0.29, 0.717) is 11.3 Å². The zero-order chi connectivity index (χ0) is 16.5. The van der Waals surface area contributed by atoms with Crippen LogP contribution < -0.4 is 20.6 Å². The highest BCUT2D eigenvalue weighted by Crippen LogP contribution is 2.36. The fourth-order valence-corrected chi connectivity index (χ4v) is 1.73. The summed E-state index contributed by atoms with van der Waals surface area (Å²) in [6, 6.07) is 2.30. The van der Waals surface area contributed by atoms with Gasteiger partial charge in [0.15, 0.2) is 18.1 Å². The first-order valence-corrected chi connectivity index (χ1v) is 6.60. The van der Waals surface area contributed by atoms with Crippen LogP contribution in [0.5, 0.6) is 11.5 Å². The third-order valence-corrected chi connectivity index (χ3v) is 2.56. The van der Waals surface area contributed by atoms with Gasteiger partial charge in [-0.05, 0) is 24.6 Å². The van der Waals surface area contributed by atoms with Gasteiger partial charge in [-0.25, -0.2) is 15.0 Å². The van der Waals surface area contributed by atoms with Crippen LogP contribution in [0.4, 0.5) is 4.79 Å². The molecule has 0 fully saturated rings. The van der Waals surface area contributed by atoms with E-state index in [1.54, 1.807) is 13.0 Å². The van der Waals surface area contributed by atoms with Crippen molar-refractivity contribution in [2.45, 2.75) is 6.92 Å². The molecule has 0 heterocycles. The van der Waals surface area contributed by atoms with E-state index in [9.17, 15) is 9.59 Å². The van der Waals surface area contributed by atoms with Gasteiger partial charge in [0, 0.05) is 0 Å². The van der Waals surface area contributed by atoms with Crippen molar-refractivity contribution in [2.75, 3.05) is 20.3 Å². The van der Waals surface area contributed by atoms with Gasteiger partial charge in [-0.1, -0.05) is 11.6 Å². The number of hydrazone groups is 1. The highest BCUT2D eigenvalue weighted by atomic mass is 35.5. The number of halogens is 1. The van der Waals surface area contributed by atoms with Crippen LogP contribution in [-0.4, -0.2) is 38.5 Å². The summed E-state index contributed by atoms with van der Waals surface area (Å²) in [5, 5.41) is 3.82. The Balaban J connectivity index is 2.88. The monoisotopic (exact) mass is 329 g/mol. The summed E-state index contributed by atoms with van der Waals surface area (Å²) in [5.41, 5.74) is 7.47. The Morgan fingerprint density at radius 3 is 2.77 bits per heavy atom. The lowest BCUT2D eigenvalue weighted by atomic mass is 10.2. The molecule has 0 aromatic heterocycles. The van der Waals surface area contributed by atoms with Gasteiger partial charge in [0.25, 0.3) is 0 Å². The summed E-state index contributed by atoms with van der Waals surface area (Å²) in [4.78, 5) is 21.8. The number of benzene rings is 1. The lowest BCUT2D eigenvalue weighted by Crippen LogP contribution is -2.24. The van der Waals surface area contributed by atoms with E-state index < -0.39 is 12.0 Å². The van der Waals surface area contributed by atoms with Crippen LogP contribution in [0, 0.1) is 0 Å². The number of hydrogen-bond acceptors (Lipinski definition) is 6. The van der Waals surface area contributed by atoms with E-state index >= 15 is 0 Å². The van der Waals surface area contributed by atoms with Crippen LogP contribution in [0.25, 0.3) is 0 Å². The number of hydrogen-bond donors (Lipinski definition) is 2. The Labute approximate surface area is 132 Å². The van der Waals surface area contributed by atoms with Gasteiger partial charge in [0.2, 0.25) is 0 Å². The van der Waals surface area contributed by atoms with Gasteiger partial charge in [-0.15, -0.1) is 0 Å². The molecule has 0 atom stereocenters. The van der Waals surface area contributed by atoms with Crippen molar-refractivity contribution >= 4 is 29.8 Å². The van der Waals surface area contributed by atoms with Gasteiger partial charge in [0.1, 0.15) is 0 Å². The number of ether oxygens (including phenoxy) is 3. The summed E-state index contributed by atoms with van der Waals surface area (Å²) < 4.78 is 15.2. The topological polar surface area (TPSA) is 112 Å². The van der Waals surface area contributed by atoms with E-state index in [0.717, 1.165) is 0 Å². The highest BCUT2D eigenvalue weighted by molar-refractivity contribution is 6.32. The molecule has 0 aliphatic carbocycles. The van der Waals surface area contributed by atoms with Crippen molar-refractivity contribution < 1.29 is 23.8 Å². The third kappa shape index (κ3) is 5.49. The molecule has 0 saturated heterocycles. The number of urea groups is 1. The van der Waals surface area contributed by atoms with E-state index in [1.807, 2.05) is 0 Å². The molecule has 8 nitrogen and oxygen atoms in total. The lowest BCUT2D eigenvalue weighted by Gasteiger charge is -2.12. The van der Waals surface area contributed by atoms with Gasteiger partial charge in [-0.2, -0.15) is 5.10 Å². The van der Waals surface area contributed by atoms with Crippen LogP contribution in [0.3, 0.4) is 0 Å². The smallest absolute Gasteiger partial charge is 0.344 e. The minimum Gasteiger partial charge on any atom is -0.493 e. The Kier molecular flexibility index (Phi) is 6.97. The Morgan fingerprint density at radius 2 is 2.18 bits per heavy atom. The maximum absolute atomic E-state index is 11.3. The van der Waals surface area contributed by atoms with E-state index in [2.05, 4.69) is 10.5 Å². The quantitative estimate of drug-likeness (QED) is 0.444. The molecule has 9 heteroatoms. The Bertz CT molecular complexity index is 577. The fourth-order valence-electron chi connectivity index (χ4n) is 1.46. The number of esters is 1. The van der Waals surface area contributed by atoms with Crippen molar-refractivity contribution in [1.82, 2.24) is 5.43 Å². The average molecular weight is 330 g/mol. The number of nitrogens with zero attached hydrogens (tertiary/aromatic N) is 1. The number of primary amides is 1. The summed E-state index contributed by atoms with van der Waals surface area (Å²) in [6.07, 6.45) is 1.33.